The van der Waals surface area contributed by atoms with Crippen molar-refractivity contribution in [3.05, 3.63) is 29.8 Å². The lowest BCUT2D eigenvalue weighted by molar-refractivity contribution is 0.627. The normalized spacial score (nSPS) is 19.7. The molecular weight excluding hydrogens is 282 g/mol. The van der Waals surface area contributed by atoms with Crippen LogP contribution in [0.4, 0.5) is 0 Å². The monoisotopic (exact) mass is 301 g/mol. The van der Waals surface area contributed by atoms with E-state index in [1.54, 1.807) is 11.8 Å². The van der Waals surface area contributed by atoms with Crippen molar-refractivity contribution >= 4 is 11.8 Å². The van der Waals surface area contributed by atoms with E-state index in [4.69, 9.17) is 5.73 Å². The molecule has 2 aromatic rings. The Morgan fingerprint density at radius 2 is 2.05 bits per heavy atom. The molecule has 2 N–H and O–H groups in total. The number of nitrogens with two attached hydrogens (primary N) is 1. The van der Waals surface area contributed by atoms with Gasteiger partial charge in [0.25, 0.3) is 0 Å². The Hall–Kier alpha value is -1.40. The fraction of sp³-hybridized carbons (Fsp3) is 0.533. The maximum Gasteiger partial charge on any atom is 0.196 e. The smallest absolute Gasteiger partial charge is 0.196 e. The van der Waals surface area contributed by atoms with E-state index in [-0.39, 0.29) is 6.04 Å². The summed E-state index contributed by atoms with van der Waals surface area (Å²) < 4.78 is 2.36. The molecule has 0 aromatic carbocycles. The second kappa shape index (κ2) is 5.10. The minimum Gasteiger partial charge on any atom is -0.323 e. The minimum atomic E-state index is -0.0272. The van der Waals surface area contributed by atoms with E-state index in [1.165, 1.54) is 31.5 Å². The number of rotatable bonds is 5. The molecular formula is C15H19N5S. The zero-order chi connectivity index (χ0) is 14.4. The highest BCUT2D eigenvalue weighted by atomic mass is 32.2. The van der Waals surface area contributed by atoms with Gasteiger partial charge in [0.15, 0.2) is 5.16 Å². The first-order valence-corrected chi connectivity index (χ1v) is 8.38. The Labute approximate surface area is 128 Å². The van der Waals surface area contributed by atoms with Crippen LogP contribution in [0.3, 0.4) is 0 Å². The van der Waals surface area contributed by atoms with Crippen LogP contribution in [0.5, 0.6) is 0 Å². The second-order valence-electron chi connectivity index (χ2n) is 6.03. The molecule has 2 heterocycles. The van der Waals surface area contributed by atoms with Crippen LogP contribution < -0.4 is 5.73 Å². The molecule has 5 nitrogen and oxygen atoms in total. The topological polar surface area (TPSA) is 69.6 Å². The molecule has 0 saturated heterocycles. The van der Waals surface area contributed by atoms with Crippen LogP contribution in [0.1, 0.15) is 62.1 Å². The maximum absolute atomic E-state index is 5.84. The van der Waals surface area contributed by atoms with Crippen molar-refractivity contribution in [2.45, 2.75) is 60.7 Å². The van der Waals surface area contributed by atoms with Gasteiger partial charge in [-0.15, -0.1) is 10.2 Å². The van der Waals surface area contributed by atoms with Crippen LogP contribution in [0.2, 0.25) is 0 Å². The molecule has 1 atom stereocenters. The van der Waals surface area contributed by atoms with Crippen LogP contribution in [0.25, 0.3) is 0 Å². The standard InChI is InChI=1S/C15H19N5S/c1-9(16)13-7-6-12(8-17-13)21-15-19-18-14(10-2-3-10)20(15)11-4-5-11/h6-11H,2-5,16H2,1H3. The molecule has 0 aliphatic heterocycles. The molecule has 6 heteroatoms. The highest BCUT2D eigenvalue weighted by molar-refractivity contribution is 7.99. The maximum atomic E-state index is 5.84. The van der Waals surface area contributed by atoms with Gasteiger partial charge in [0.2, 0.25) is 0 Å². The zero-order valence-electron chi connectivity index (χ0n) is 12.1. The van der Waals surface area contributed by atoms with Gasteiger partial charge in [-0.1, -0.05) is 0 Å². The van der Waals surface area contributed by atoms with E-state index in [9.17, 15) is 0 Å². The Balaban J connectivity index is 1.59. The van der Waals surface area contributed by atoms with E-state index in [0.717, 1.165) is 15.7 Å². The molecule has 0 radical (unpaired) electrons. The van der Waals surface area contributed by atoms with Crippen LogP contribution in [0.15, 0.2) is 28.4 Å². The molecule has 4 rings (SSSR count). The third kappa shape index (κ3) is 2.70. The molecule has 0 bridgehead atoms. The van der Waals surface area contributed by atoms with Crippen molar-refractivity contribution < 1.29 is 0 Å². The van der Waals surface area contributed by atoms with E-state index in [0.29, 0.717) is 12.0 Å². The quantitative estimate of drug-likeness (QED) is 0.919. The Kier molecular flexibility index (Phi) is 3.23. The summed E-state index contributed by atoms with van der Waals surface area (Å²) >= 11 is 1.66. The van der Waals surface area contributed by atoms with Crippen molar-refractivity contribution in [3.63, 3.8) is 0 Å². The van der Waals surface area contributed by atoms with Gasteiger partial charge in [0.1, 0.15) is 5.82 Å². The number of aromatic nitrogens is 4. The summed E-state index contributed by atoms with van der Waals surface area (Å²) in [6, 6.07) is 4.65. The molecule has 2 aliphatic rings. The molecule has 2 aromatic heterocycles. The Bertz CT molecular complexity index is 641. The van der Waals surface area contributed by atoms with Gasteiger partial charge < -0.3 is 10.3 Å². The molecule has 110 valence electrons. The summed E-state index contributed by atoms with van der Waals surface area (Å²) in [5.41, 5.74) is 6.75. The van der Waals surface area contributed by atoms with Gasteiger partial charge in [-0.25, -0.2) is 0 Å². The van der Waals surface area contributed by atoms with Gasteiger partial charge in [0, 0.05) is 29.1 Å². The largest absolute Gasteiger partial charge is 0.323 e. The van der Waals surface area contributed by atoms with Gasteiger partial charge in [-0.3, -0.25) is 4.98 Å². The Morgan fingerprint density at radius 3 is 2.62 bits per heavy atom. The highest BCUT2D eigenvalue weighted by Gasteiger charge is 2.36. The molecule has 21 heavy (non-hydrogen) atoms. The lowest BCUT2D eigenvalue weighted by Gasteiger charge is -2.08. The molecule has 2 fully saturated rings. The molecule has 1 unspecified atom stereocenters. The average Bonchev–Trinajstić information content (AvgIpc) is 3.39. The van der Waals surface area contributed by atoms with E-state index < -0.39 is 0 Å². The number of nitrogens with zero attached hydrogens (tertiary/aromatic N) is 4. The van der Waals surface area contributed by atoms with E-state index in [2.05, 4.69) is 25.8 Å². The third-order valence-corrected chi connectivity index (χ3v) is 4.92. The molecule has 2 saturated carbocycles. The van der Waals surface area contributed by atoms with Gasteiger partial charge in [-0.05, 0) is 56.5 Å². The molecule has 0 amide bonds. The van der Waals surface area contributed by atoms with Crippen LogP contribution in [0, 0.1) is 0 Å². The second-order valence-corrected chi connectivity index (χ2v) is 7.07. The van der Waals surface area contributed by atoms with Gasteiger partial charge in [-0.2, -0.15) is 0 Å². The summed E-state index contributed by atoms with van der Waals surface area (Å²) in [6.45, 7) is 1.95. The van der Waals surface area contributed by atoms with Crippen LogP contribution in [-0.4, -0.2) is 19.7 Å². The first-order chi connectivity index (χ1) is 10.2. The lowest BCUT2D eigenvalue weighted by Crippen LogP contribution is -2.06. The van der Waals surface area contributed by atoms with Crippen molar-refractivity contribution in [2.75, 3.05) is 0 Å². The third-order valence-electron chi connectivity index (χ3n) is 3.98. The summed E-state index contributed by atoms with van der Waals surface area (Å²) in [5, 5.41) is 9.86. The predicted molar refractivity (Wildman–Crippen MR) is 81.2 cm³/mol. The highest BCUT2D eigenvalue weighted by Crippen LogP contribution is 2.46. The van der Waals surface area contributed by atoms with E-state index >= 15 is 0 Å². The number of hydrogen-bond donors (Lipinski definition) is 1. The van der Waals surface area contributed by atoms with Crippen molar-refractivity contribution in [1.82, 2.24) is 19.7 Å². The number of pyridine rings is 1. The van der Waals surface area contributed by atoms with Gasteiger partial charge in [0.05, 0.1) is 5.69 Å². The van der Waals surface area contributed by atoms with Crippen LogP contribution in [-0.2, 0) is 0 Å². The zero-order valence-corrected chi connectivity index (χ0v) is 12.9. The van der Waals surface area contributed by atoms with Crippen molar-refractivity contribution in [3.8, 4) is 0 Å². The SMILES string of the molecule is CC(N)c1ccc(Sc2nnc(C3CC3)n2C2CC2)cn1. The minimum absolute atomic E-state index is 0.0272. The first-order valence-electron chi connectivity index (χ1n) is 7.56. The summed E-state index contributed by atoms with van der Waals surface area (Å²) in [7, 11) is 0. The summed E-state index contributed by atoms with van der Waals surface area (Å²) in [4.78, 5) is 5.51. The van der Waals surface area contributed by atoms with Gasteiger partial charge >= 0.3 is 0 Å². The molecule has 0 spiro atoms. The number of hydrogen-bond acceptors (Lipinski definition) is 5. The fourth-order valence-corrected chi connectivity index (χ4v) is 3.36. The van der Waals surface area contributed by atoms with Crippen LogP contribution >= 0.6 is 11.8 Å². The average molecular weight is 301 g/mol. The fourth-order valence-electron chi connectivity index (χ4n) is 2.48. The lowest BCUT2D eigenvalue weighted by atomic mass is 10.2. The first kappa shape index (κ1) is 13.3. The van der Waals surface area contributed by atoms with Crippen molar-refractivity contribution in [2.24, 2.45) is 5.73 Å². The molecule has 2 aliphatic carbocycles. The predicted octanol–water partition coefficient (Wildman–Crippen LogP) is 3.06. The van der Waals surface area contributed by atoms with Crippen molar-refractivity contribution in [1.29, 1.82) is 0 Å². The summed E-state index contributed by atoms with van der Waals surface area (Å²) in [6.07, 6.45) is 6.92. The summed E-state index contributed by atoms with van der Waals surface area (Å²) in [5.74, 6) is 1.84. The van der Waals surface area contributed by atoms with E-state index in [1.807, 2.05) is 19.2 Å². The Morgan fingerprint density at radius 1 is 1.24 bits per heavy atom.